The number of aryl methyl sites for hydroxylation is 3. The van der Waals surface area contributed by atoms with Crippen molar-refractivity contribution in [1.29, 1.82) is 0 Å². The number of rotatable bonds is 9. The summed E-state index contributed by atoms with van der Waals surface area (Å²) in [5.74, 6) is 2.42. The van der Waals surface area contributed by atoms with Crippen LogP contribution in [-0.2, 0) is 6.54 Å². The van der Waals surface area contributed by atoms with Gasteiger partial charge in [-0.1, -0.05) is 0 Å². The summed E-state index contributed by atoms with van der Waals surface area (Å²) in [4.78, 5) is 17.4. The molecule has 0 aliphatic rings. The molecule has 8 heteroatoms. The number of hydrogen-bond donors (Lipinski definition) is 0. The van der Waals surface area contributed by atoms with E-state index in [4.69, 9.17) is 23.4 Å². The molecule has 2 aromatic heterocycles. The van der Waals surface area contributed by atoms with E-state index in [0.717, 1.165) is 24.0 Å². The number of ether oxygens (including phenoxy) is 4. The van der Waals surface area contributed by atoms with Gasteiger partial charge in [0.25, 0.3) is 0 Å². The van der Waals surface area contributed by atoms with Gasteiger partial charge in [-0.25, -0.2) is 4.98 Å². The minimum atomic E-state index is -0.154. The summed E-state index contributed by atoms with van der Waals surface area (Å²) in [7, 11) is 4.62. The monoisotopic (exact) mass is 514 g/mol. The van der Waals surface area contributed by atoms with Crippen molar-refractivity contribution in [3.63, 3.8) is 0 Å². The van der Waals surface area contributed by atoms with Gasteiger partial charge < -0.3 is 27.9 Å². The molecule has 0 bridgehead atoms. The van der Waals surface area contributed by atoms with Crippen LogP contribution in [0.15, 0.2) is 64.1 Å². The van der Waals surface area contributed by atoms with Gasteiger partial charge in [0, 0.05) is 24.2 Å². The van der Waals surface area contributed by atoms with Crippen LogP contribution in [-0.4, -0.2) is 37.5 Å². The van der Waals surface area contributed by atoms with Crippen molar-refractivity contribution in [3.8, 4) is 34.3 Å². The lowest BCUT2D eigenvalue weighted by Gasteiger charge is -2.14. The molecule has 3 aromatic carbocycles. The molecule has 0 amide bonds. The number of fused-ring (bicyclic) bond motifs is 2. The van der Waals surface area contributed by atoms with Crippen LogP contribution >= 0.6 is 0 Å². The van der Waals surface area contributed by atoms with Crippen molar-refractivity contribution in [3.05, 3.63) is 76.2 Å². The lowest BCUT2D eigenvalue weighted by atomic mass is 10.1. The quantitative estimate of drug-likeness (QED) is 0.226. The van der Waals surface area contributed by atoms with E-state index in [-0.39, 0.29) is 5.43 Å². The van der Waals surface area contributed by atoms with Crippen LogP contribution < -0.4 is 24.4 Å². The molecule has 0 radical (unpaired) electrons. The summed E-state index contributed by atoms with van der Waals surface area (Å²) in [5.41, 5.74) is 5.52. The van der Waals surface area contributed by atoms with Gasteiger partial charge in [0.05, 0.1) is 50.7 Å². The van der Waals surface area contributed by atoms with Gasteiger partial charge >= 0.3 is 0 Å². The number of benzene rings is 3. The Hall–Kier alpha value is -4.46. The summed E-state index contributed by atoms with van der Waals surface area (Å²) < 4.78 is 30.6. The maximum atomic E-state index is 12.9. The van der Waals surface area contributed by atoms with Gasteiger partial charge in [-0.2, -0.15) is 0 Å². The number of methoxy groups -OCH3 is 3. The average Bonchev–Trinajstić information content (AvgIpc) is 3.31. The van der Waals surface area contributed by atoms with E-state index in [0.29, 0.717) is 51.9 Å². The Morgan fingerprint density at radius 2 is 1.63 bits per heavy atom. The molecule has 2 heterocycles. The van der Waals surface area contributed by atoms with Crippen molar-refractivity contribution in [1.82, 2.24) is 9.55 Å². The molecular weight excluding hydrogens is 484 g/mol. The van der Waals surface area contributed by atoms with Crippen molar-refractivity contribution in [2.24, 2.45) is 0 Å². The van der Waals surface area contributed by atoms with Crippen molar-refractivity contribution in [2.75, 3.05) is 27.9 Å². The molecule has 38 heavy (non-hydrogen) atoms. The molecule has 0 saturated carbocycles. The van der Waals surface area contributed by atoms with Crippen LogP contribution in [0.25, 0.3) is 33.3 Å². The van der Waals surface area contributed by atoms with Crippen LogP contribution in [0.2, 0.25) is 0 Å². The maximum absolute atomic E-state index is 12.9. The fourth-order valence-corrected chi connectivity index (χ4v) is 4.51. The van der Waals surface area contributed by atoms with E-state index in [1.807, 2.05) is 6.33 Å². The predicted molar refractivity (Wildman–Crippen MR) is 147 cm³/mol. The zero-order valence-corrected chi connectivity index (χ0v) is 22.2. The van der Waals surface area contributed by atoms with Crippen LogP contribution in [0.1, 0.15) is 17.5 Å². The summed E-state index contributed by atoms with van der Waals surface area (Å²) >= 11 is 0. The Balaban J connectivity index is 1.35. The molecule has 196 valence electrons. The Morgan fingerprint density at radius 3 is 2.34 bits per heavy atom. The first-order valence-corrected chi connectivity index (χ1v) is 12.3. The highest BCUT2D eigenvalue weighted by molar-refractivity contribution is 5.81. The van der Waals surface area contributed by atoms with Gasteiger partial charge in [-0.05, 0) is 67.8 Å². The Labute approximate surface area is 220 Å². The molecule has 0 atom stereocenters. The summed E-state index contributed by atoms with van der Waals surface area (Å²) in [6.45, 7) is 5.50. The van der Waals surface area contributed by atoms with E-state index in [2.05, 4.69) is 35.5 Å². The second-order valence-electron chi connectivity index (χ2n) is 9.11. The number of aromatic nitrogens is 2. The predicted octanol–water partition coefficient (Wildman–Crippen LogP) is 5.92. The maximum Gasteiger partial charge on any atom is 0.203 e. The molecule has 0 aliphatic heterocycles. The van der Waals surface area contributed by atoms with E-state index < -0.39 is 0 Å². The molecule has 0 fully saturated rings. The SMILES string of the molecule is COc1cc(-c2cc(=O)c3ccc(OCCCn4cnc5cc(C)c(C)cc54)cc3o2)cc(OC)c1OC. The summed E-state index contributed by atoms with van der Waals surface area (Å²) in [6, 6.07) is 14.5. The van der Waals surface area contributed by atoms with Crippen LogP contribution in [0.4, 0.5) is 0 Å². The molecule has 0 aliphatic carbocycles. The van der Waals surface area contributed by atoms with Crippen molar-refractivity contribution in [2.45, 2.75) is 26.8 Å². The van der Waals surface area contributed by atoms with Gasteiger partial charge in [-0.15, -0.1) is 0 Å². The van der Waals surface area contributed by atoms with E-state index >= 15 is 0 Å². The fourth-order valence-electron chi connectivity index (χ4n) is 4.51. The van der Waals surface area contributed by atoms with E-state index in [9.17, 15) is 4.79 Å². The highest BCUT2D eigenvalue weighted by Crippen LogP contribution is 2.41. The molecule has 0 spiro atoms. The molecule has 5 rings (SSSR count). The van der Waals surface area contributed by atoms with Crippen LogP contribution in [0.3, 0.4) is 0 Å². The van der Waals surface area contributed by atoms with Gasteiger partial charge in [0.1, 0.15) is 17.1 Å². The topological polar surface area (TPSA) is 85.0 Å². The second kappa shape index (κ2) is 10.5. The molecule has 0 saturated heterocycles. The first-order chi connectivity index (χ1) is 18.4. The van der Waals surface area contributed by atoms with E-state index in [1.54, 1.807) is 44.6 Å². The smallest absolute Gasteiger partial charge is 0.203 e. The summed E-state index contributed by atoms with van der Waals surface area (Å²) in [5, 5.41) is 0.476. The average molecular weight is 515 g/mol. The Morgan fingerprint density at radius 1 is 0.895 bits per heavy atom. The molecule has 5 aromatic rings. The third-order valence-corrected chi connectivity index (χ3v) is 6.70. The first kappa shape index (κ1) is 25.2. The Kier molecular flexibility index (Phi) is 6.96. The second-order valence-corrected chi connectivity index (χ2v) is 9.11. The number of imidazole rings is 1. The third kappa shape index (κ3) is 4.77. The lowest BCUT2D eigenvalue weighted by molar-refractivity contribution is 0.302. The lowest BCUT2D eigenvalue weighted by Crippen LogP contribution is -2.05. The minimum absolute atomic E-state index is 0.154. The Bertz CT molecular complexity index is 1660. The highest BCUT2D eigenvalue weighted by Gasteiger charge is 2.16. The normalized spacial score (nSPS) is 11.2. The highest BCUT2D eigenvalue weighted by atomic mass is 16.5. The van der Waals surface area contributed by atoms with Gasteiger partial charge in [0.2, 0.25) is 5.75 Å². The zero-order valence-electron chi connectivity index (χ0n) is 22.2. The fraction of sp³-hybridized carbons (Fsp3) is 0.267. The van der Waals surface area contributed by atoms with Crippen molar-refractivity contribution < 1.29 is 23.4 Å². The molecular formula is C30H30N2O6. The van der Waals surface area contributed by atoms with Gasteiger partial charge in [-0.3, -0.25) is 4.79 Å². The standard InChI is InChI=1S/C30H30N2O6/c1-18-11-23-24(12-19(18)2)32(17-31-23)9-6-10-37-21-7-8-22-25(33)16-26(38-27(22)15-21)20-13-28(34-3)30(36-5)29(14-20)35-4/h7-8,11-17H,6,9-10H2,1-5H3. The summed E-state index contributed by atoms with van der Waals surface area (Å²) in [6.07, 6.45) is 2.67. The van der Waals surface area contributed by atoms with Crippen LogP contribution in [0, 0.1) is 13.8 Å². The molecule has 0 unspecified atom stereocenters. The third-order valence-electron chi connectivity index (χ3n) is 6.70. The minimum Gasteiger partial charge on any atom is -0.493 e. The largest absolute Gasteiger partial charge is 0.493 e. The van der Waals surface area contributed by atoms with Crippen LogP contribution in [0.5, 0.6) is 23.0 Å². The van der Waals surface area contributed by atoms with Crippen molar-refractivity contribution >= 4 is 22.0 Å². The first-order valence-electron chi connectivity index (χ1n) is 12.3. The number of nitrogens with zero attached hydrogens (tertiary/aromatic N) is 2. The van der Waals surface area contributed by atoms with E-state index in [1.165, 1.54) is 24.3 Å². The van der Waals surface area contributed by atoms with Gasteiger partial charge in [0.15, 0.2) is 16.9 Å². The molecule has 0 N–H and O–H groups in total. The number of hydrogen-bond acceptors (Lipinski definition) is 7. The molecule has 8 nitrogen and oxygen atoms in total. The zero-order chi connectivity index (χ0) is 26.8.